The zero-order valence-electron chi connectivity index (χ0n) is 10.5. The Labute approximate surface area is 104 Å². The third-order valence-corrected chi connectivity index (χ3v) is 8.57. The van der Waals surface area contributed by atoms with E-state index in [9.17, 15) is 4.79 Å². The minimum absolute atomic E-state index is 0.00668. The van der Waals surface area contributed by atoms with E-state index >= 15 is 0 Å². The molecule has 15 heavy (non-hydrogen) atoms. The Bertz CT molecular complexity index is 273. The van der Waals surface area contributed by atoms with E-state index in [2.05, 4.69) is 45.3 Å². The van der Waals surface area contributed by atoms with Crippen LogP contribution in [-0.4, -0.2) is 29.2 Å². The molecule has 3 radical (unpaired) electrons. The van der Waals surface area contributed by atoms with Crippen molar-refractivity contribution in [3.63, 3.8) is 0 Å². The molecule has 0 amide bonds. The molecule has 0 aliphatic heterocycles. The van der Waals surface area contributed by atoms with Crippen LogP contribution in [0.4, 0.5) is 0 Å². The Kier molecular flexibility index (Phi) is 5.90. The zero-order valence-corrected chi connectivity index (χ0v) is 13.6. The van der Waals surface area contributed by atoms with E-state index in [-0.39, 0.29) is 4.62 Å². The Morgan fingerprint density at radius 3 is 1.87 bits per heavy atom. The second-order valence-electron chi connectivity index (χ2n) is 4.55. The second-order valence-corrected chi connectivity index (χ2v) is 10.1. The Hall–Kier alpha value is -0.0103. The van der Waals surface area contributed by atoms with Gasteiger partial charge in [0.15, 0.2) is 0 Å². The molecule has 3 heteroatoms. The number of hydrogen-bond donors (Lipinski definition) is 0. The van der Waals surface area contributed by atoms with Crippen molar-refractivity contribution in [1.82, 2.24) is 0 Å². The number of carbonyl (C=O) groups is 1. The molecule has 0 rings (SSSR count). The van der Waals surface area contributed by atoms with Crippen LogP contribution in [0.5, 0.6) is 0 Å². The molecule has 1 nitrogen and oxygen atoms in total. The van der Waals surface area contributed by atoms with Crippen LogP contribution in [0.25, 0.3) is 0 Å². The van der Waals surface area contributed by atoms with E-state index in [0.29, 0.717) is 5.04 Å². The van der Waals surface area contributed by atoms with Gasteiger partial charge >= 0.3 is 104 Å². The molecule has 83 valence electrons. The summed E-state index contributed by atoms with van der Waals surface area (Å²) >= 11 is 1.54. The fourth-order valence-corrected chi connectivity index (χ4v) is 6.16. The molecule has 0 aliphatic rings. The summed E-state index contributed by atoms with van der Waals surface area (Å²) in [5, 5.41) is 0.370. The first-order chi connectivity index (χ1) is 6.85. The molecule has 0 aliphatic carbocycles. The van der Waals surface area contributed by atoms with E-state index in [1.165, 1.54) is 19.3 Å². The minimum atomic E-state index is -1.63. The Balaban J connectivity index is 5.14. The molecule has 0 bridgehead atoms. The maximum atomic E-state index is 10.9. The average Bonchev–Trinajstić information content (AvgIpc) is 2.18. The Morgan fingerprint density at radius 1 is 1.20 bits per heavy atom. The van der Waals surface area contributed by atoms with E-state index in [4.69, 9.17) is 0 Å². The van der Waals surface area contributed by atoms with Gasteiger partial charge in [-0.25, -0.2) is 0 Å². The van der Waals surface area contributed by atoms with Gasteiger partial charge in [0, 0.05) is 0 Å². The van der Waals surface area contributed by atoms with Gasteiger partial charge in [0.25, 0.3) is 0 Å². The summed E-state index contributed by atoms with van der Waals surface area (Å²) in [5.41, 5.74) is 3.29. The van der Waals surface area contributed by atoms with E-state index < -0.39 is 8.07 Å². The normalized spacial score (nSPS) is 11.9. The van der Waals surface area contributed by atoms with Crippen molar-refractivity contribution in [3.8, 4) is 11.5 Å². The molecule has 0 atom stereocenters. The van der Waals surface area contributed by atoms with E-state index in [1.807, 2.05) is 0 Å². The molecule has 0 aromatic heterocycles. The van der Waals surface area contributed by atoms with Gasteiger partial charge in [-0.3, -0.25) is 0 Å². The van der Waals surface area contributed by atoms with Crippen LogP contribution in [0, 0.1) is 11.5 Å². The van der Waals surface area contributed by atoms with Crippen LogP contribution in [0.15, 0.2) is 0 Å². The fraction of sp³-hybridized carbons (Fsp3) is 0.750. The molecule has 0 saturated heterocycles. The topological polar surface area (TPSA) is 17.1 Å². The molecule has 0 fully saturated rings. The summed E-state index contributed by atoms with van der Waals surface area (Å²) in [7, 11) is -1.63. The molecule has 0 aromatic rings. The first kappa shape index (κ1) is 15.0. The van der Waals surface area contributed by atoms with Crippen molar-refractivity contribution in [3.05, 3.63) is 0 Å². The molecule has 0 saturated carbocycles. The van der Waals surface area contributed by atoms with Crippen molar-refractivity contribution in [1.29, 1.82) is 0 Å². The van der Waals surface area contributed by atoms with Gasteiger partial charge in [0.1, 0.15) is 0 Å². The van der Waals surface area contributed by atoms with Gasteiger partial charge in [-0.1, -0.05) is 0 Å². The molecule has 0 heterocycles. The van der Waals surface area contributed by atoms with Gasteiger partial charge in [-0.05, 0) is 0 Å². The Morgan fingerprint density at radius 2 is 1.60 bits per heavy atom. The van der Waals surface area contributed by atoms with Crippen molar-refractivity contribution < 1.29 is 4.79 Å². The molecular formula is C12H21GeOSi. The van der Waals surface area contributed by atoms with Gasteiger partial charge in [0.2, 0.25) is 0 Å². The van der Waals surface area contributed by atoms with Crippen molar-refractivity contribution >= 4 is 29.2 Å². The van der Waals surface area contributed by atoms with Crippen LogP contribution in [0.3, 0.4) is 0 Å². The first-order valence-corrected chi connectivity index (χ1v) is 9.69. The van der Waals surface area contributed by atoms with Crippen molar-refractivity contribution in [2.45, 2.75) is 58.2 Å². The molecule has 0 spiro atoms. The van der Waals surface area contributed by atoms with Crippen LogP contribution in [0.1, 0.15) is 40.0 Å². The van der Waals surface area contributed by atoms with Crippen LogP contribution in [-0.2, 0) is 4.79 Å². The monoisotopic (exact) mass is 283 g/mol. The standard InChI is InChI=1S/C12H21GeOSi/c1-6-12(7-2,8-3)15(4,5)10-9-11(13)14/h6-8H2,1-5H3. The SMILES string of the molecule is CCC(CC)(CC)[Si](C)(C)C#C[C](=O)[Ge]. The fourth-order valence-electron chi connectivity index (χ4n) is 2.42. The molecule has 0 aromatic carbocycles. The van der Waals surface area contributed by atoms with Crippen molar-refractivity contribution in [2.75, 3.05) is 0 Å². The second kappa shape index (κ2) is 5.91. The predicted molar refractivity (Wildman–Crippen MR) is 69.6 cm³/mol. The first-order valence-electron chi connectivity index (χ1n) is 5.64. The summed E-state index contributed by atoms with van der Waals surface area (Å²) in [5.74, 6) is 2.77. The van der Waals surface area contributed by atoms with E-state index in [0.717, 1.165) is 0 Å². The van der Waals surface area contributed by atoms with Crippen LogP contribution < -0.4 is 0 Å². The summed E-state index contributed by atoms with van der Waals surface area (Å²) in [6.07, 6.45) is 3.52. The van der Waals surface area contributed by atoms with E-state index in [1.54, 1.807) is 16.5 Å². The number of rotatable bonds is 4. The summed E-state index contributed by atoms with van der Waals surface area (Å²) in [6.45, 7) is 11.3. The molecule has 0 unspecified atom stereocenters. The van der Waals surface area contributed by atoms with Gasteiger partial charge in [0.05, 0.1) is 0 Å². The van der Waals surface area contributed by atoms with Gasteiger partial charge in [-0.15, -0.1) is 0 Å². The van der Waals surface area contributed by atoms with Crippen LogP contribution >= 0.6 is 0 Å². The number of carbonyl (C=O) groups excluding carboxylic acids is 1. The summed E-state index contributed by atoms with van der Waals surface area (Å²) in [4.78, 5) is 10.9. The van der Waals surface area contributed by atoms with Crippen LogP contribution in [0.2, 0.25) is 18.1 Å². The summed E-state index contributed by atoms with van der Waals surface area (Å²) in [6, 6.07) is 0. The van der Waals surface area contributed by atoms with Gasteiger partial charge in [-0.2, -0.15) is 0 Å². The molecular weight excluding hydrogens is 261 g/mol. The summed E-state index contributed by atoms with van der Waals surface area (Å²) < 4.78 is -0.00668. The maximum absolute atomic E-state index is 10.9. The third-order valence-electron chi connectivity index (χ3n) is 3.84. The quantitative estimate of drug-likeness (QED) is 0.572. The number of hydrogen-bond acceptors (Lipinski definition) is 1. The van der Waals surface area contributed by atoms with Crippen molar-refractivity contribution in [2.24, 2.45) is 0 Å². The zero-order chi connectivity index (χ0) is 12.1. The predicted octanol–water partition coefficient (Wildman–Crippen LogP) is 2.90. The third kappa shape index (κ3) is 3.49. The molecule has 0 N–H and O–H groups in total. The average molecular weight is 282 g/mol. The van der Waals surface area contributed by atoms with Gasteiger partial charge < -0.3 is 0 Å².